The van der Waals surface area contributed by atoms with Crippen molar-refractivity contribution in [2.45, 2.75) is 0 Å². The fourth-order valence-corrected chi connectivity index (χ4v) is 1.32. The van der Waals surface area contributed by atoms with Gasteiger partial charge in [-0.1, -0.05) is 11.6 Å². The SMILES string of the molecule is COc1ccc(Cl)c(Br)c1N=O. The quantitative estimate of drug-likeness (QED) is 0.753. The van der Waals surface area contributed by atoms with Gasteiger partial charge in [0.25, 0.3) is 0 Å². The average Bonchev–Trinajstić information content (AvgIpc) is 2.09. The standard InChI is InChI=1S/C7H5BrClNO2/c1-12-5-3-2-4(9)6(8)7(5)10-11/h2-3H,1H3. The van der Waals surface area contributed by atoms with Crippen LogP contribution in [0.1, 0.15) is 0 Å². The van der Waals surface area contributed by atoms with Crippen molar-refractivity contribution in [3.63, 3.8) is 0 Å². The first kappa shape index (κ1) is 9.48. The zero-order valence-electron chi connectivity index (χ0n) is 6.17. The molecule has 1 aromatic carbocycles. The van der Waals surface area contributed by atoms with Crippen LogP contribution in [0.15, 0.2) is 21.8 Å². The summed E-state index contributed by atoms with van der Waals surface area (Å²) in [4.78, 5) is 10.3. The number of hydrogen-bond acceptors (Lipinski definition) is 3. The van der Waals surface area contributed by atoms with E-state index in [1.54, 1.807) is 12.1 Å². The van der Waals surface area contributed by atoms with E-state index in [0.717, 1.165) is 0 Å². The van der Waals surface area contributed by atoms with Crippen molar-refractivity contribution in [1.82, 2.24) is 0 Å². The zero-order valence-corrected chi connectivity index (χ0v) is 8.52. The van der Waals surface area contributed by atoms with Crippen LogP contribution in [0.25, 0.3) is 0 Å². The molecule has 0 aliphatic heterocycles. The summed E-state index contributed by atoms with van der Waals surface area (Å²) in [5, 5.41) is 3.23. The van der Waals surface area contributed by atoms with E-state index in [-0.39, 0.29) is 5.69 Å². The number of benzene rings is 1. The number of ether oxygens (including phenoxy) is 1. The average molecular weight is 250 g/mol. The predicted octanol–water partition coefficient (Wildman–Crippen LogP) is 3.51. The molecule has 0 aromatic heterocycles. The first-order valence-corrected chi connectivity index (χ1v) is 4.23. The second-order valence-corrected chi connectivity index (χ2v) is 3.20. The summed E-state index contributed by atoms with van der Waals surface area (Å²) in [6, 6.07) is 3.21. The Kier molecular flexibility index (Phi) is 3.05. The van der Waals surface area contributed by atoms with Crippen LogP contribution in [0, 0.1) is 4.91 Å². The van der Waals surface area contributed by atoms with Crippen molar-refractivity contribution in [3.8, 4) is 5.75 Å². The molecule has 0 N–H and O–H groups in total. The summed E-state index contributed by atoms with van der Waals surface area (Å²) in [5.74, 6) is 0.404. The Morgan fingerprint density at radius 3 is 2.75 bits per heavy atom. The number of halogens is 2. The molecule has 0 heterocycles. The second-order valence-electron chi connectivity index (χ2n) is 2.00. The summed E-state index contributed by atoms with van der Waals surface area (Å²) in [6.45, 7) is 0. The minimum absolute atomic E-state index is 0.185. The Morgan fingerprint density at radius 1 is 1.58 bits per heavy atom. The maximum Gasteiger partial charge on any atom is 0.165 e. The normalized spacial score (nSPS) is 9.58. The molecule has 0 aliphatic rings. The minimum atomic E-state index is 0.185. The molecular weight excluding hydrogens is 245 g/mol. The van der Waals surface area contributed by atoms with Crippen molar-refractivity contribution in [3.05, 3.63) is 26.5 Å². The van der Waals surface area contributed by atoms with E-state index >= 15 is 0 Å². The summed E-state index contributed by atoms with van der Waals surface area (Å²) in [6.07, 6.45) is 0. The first-order chi connectivity index (χ1) is 5.70. The van der Waals surface area contributed by atoms with Crippen LogP contribution >= 0.6 is 27.5 Å². The molecule has 0 saturated carbocycles. The summed E-state index contributed by atoms with van der Waals surface area (Å²) >= 11 is 8.85. The van der Waals surface area contributed by atoms with E-state index < -0.39 is 0 Å². The van der Waals surface area contributed by atoms with Crippen molar-refractivity contribution < 1.29 is 4.74 Å². The van der Waals surface area contributed by atoms with Gasteiger partial charge in [0.05, 0.1) is 16.6 Å². The van der Waals surface area contributed by atoms with Crippen LogP contribution in [0.5, 0.6) is 5.75 Å². The van der Waals surface area contributed by atoms with Crippen LogP contribution in [0.2, 0.25) is 5.02 Å². The van der Waals surface area contributed by atoms with E-state index in [2.05, 4.69) is 21.1 Å². The smallest absolute Gasteiger partial charge is 0.165 e. The molecule has 0 amide bonds. The molecule has 0 fully saturated rings. The van der Waals surface area contributed by atoms with E-state index in [1.165, 1.54) is 7.11 Å². The molecule has 0 unspecified atom stereocenters. The zero-order chi connectivity index (χ0) is 9.14. The fourth-order valence-electron chi connectivity index (χ4n) is 0.772. The van der Waals surface area contributed by atoms with Crippen LogP contribution in [0.3, 0.4) is 0 Å². The number of methoxy groups -OCH3 is 1. The van der Waals surface area contributed by atoms with E-state index in [0.29, 0.717) is 15.2 Å². The van der Waals surface area contributed by atoms with Crippen LogP contribution in [-0.2, 0) is 0 Å². The lowest BCUT2D eigenvalue weighted by molar-refractivity contribution is 0.416. The molecule has 0 bridgehead atoms. The van der Waals surface area contributed by atoms with Gasteiger partial charge < -0.3 is 4.74 Å². The van der Waals surface area contributed by atoms with Gasteiger partial charge in [0.15, 0.2) is 5.69 Å². The van der Waals surface area contributed by atoms with Gasteiger partial charge in [-0.05, 0) is 33.2 Å². The van der Waals surface area contributed by atoms with Gasteiger partial charge in [-0.25, -0.2) is 0 Å². The summed E-state index contributed by atoms with van der Waals surface area (Å²) in [7, 11) is 1.46. The predicted molar refractivity (Wildman–Crippen MR) is 51.2 cm³/mol. The number of nitrogens with zero attached hydrogens (tertiary/aromatic N) is 1. The molecule has 12 heavy (non-hydrogen) atoms. The topological polar surface area (TPSA) is 38.7 Å². The number of hydrogen-bond donors (Lipinski definition) is 0. The molecule has 1 rings (SSSR count). The Hall–Kier alpha value is -0.610. The molecule has 0 spiro atoms. The first-order valence-electron chi connectivity index (χ1n) is 3.06. The maximum absolute atomic E-state index is 10.3. The van der Waals surface area contributed by atoms with Gasteiger partial charge in [-0.15, -0.1) is 4.91 Å². The van der Waals surface area contributed by atoms with Crippen molar-refractivity contribution in [2.75, 3.05) is 7.11 Å². The Balaban J connectivity index is 3.35. The van der Waals surface area contributed by atoms with Gasteiger partial charge in [0.1, 0.15) is 5.75 Å². The fraction of sp³-hybridized carbons (Fsp3) is 0.143. The molecule has 5 heteroatoms. The third-order valence-electron chi connectivity index (χ3n) is 1.34. The Morgan fingerprint density at radius 2 is 2.25 bits per heavy atom. The Bertz CT molecular complexity index is 317. The molecule has 64 valence electrons. The lowest BCUT2D eigenvalue weighted by Gasteiger charge is -2.04. The van der Waals surface area contributed by atoms with E-state index in [9.17, 15) is 4.91 Å². The van der Waals surface area contributed by atoms with Gasteiger partial charge in [-0.3, -0.25) is 0 Å². The molecule has 0 atom stereocenters. The highest BCUT2D eigenvalue weighted by molar-refractivity contribution is 9.10. The van der Waals surface area contributed by atoms with E-state index in [4.69, 9.17) is 16.3 Å². The second kappa shape index (κ2) is 3.87. The van der Waals surface area contributed by atoms with Crippen molar-refractivity contribution >= 4 is 33.2 Å². The number of rotatable bonds is 2. The van der Waals surface area contributed by atoms with Crippen LogP contribution < -0.4 is 4.74 Å². The maximum atomic E-state index is 10.3. The lowest BCUT2D eigenvalue weighted by Crippen LogP contribution is -1.83. The van der Waals surface area contributed by atoms with Gasteiger partial charge in [0.2, 0.25) is 0 Å². The van der Waals surface area contributed by atoms with Crippen LogP contribution in [-0.4, -0.2) is 7.11 Å². The third kappa shape index (κ3) is 1.59. The van der Waals surface area contributed by atoms with Gasteiger partial charge in [0, 0.05) is 0 Å². The molecule has 0 saturated heterocycles. The van der Waals surface area contributed by atoms with Crippen molar-refractivity contribution in [2.24, 2.45) is 5.18 Å². The Labute approximate surface area is 82.8 Å². The molecule has 0 radical (unpaired) electrons. The third-order valence-corrected chi connectivity index (χ3v) is 2.69. The molecule has 1 aromatic rings. The largest absolute Gasteiger partial charge is 0.494 e. The monoisotopic (exact) mass is 249 g/mol. The summed E-state index contributed by atoms with van der Waals surface area (Å²) in [5.41, 5.74) is 0.185. The van der Waals surface area contributed by atoms with Crippen molar-refractivity contribution in [1.29, 1.82) is 0 Å². The van der Waals surface area contributed by atoms with E-state index in [1.807, 2.05) is 0 Å². The highest BCUT2D eigenvalue weighted by Crippen LogP contribution is 2.39. The number of nitroso groups, excluding NO2 is 1. The van der Waals surface area contributed by atoms with Gasteiger partial charge in [-0.2, -0.15) is 0 Å². The molecule has 3 nitrogen and oxygen atoms in total. The molecular formula is C7H5BrClNO2. The summed E-state index contributed by atoms with van der Waals surface area (Å²) < 4.78 is 5.35. The van der Waals surface area contributed by atoms with Gasteiger partial charge >= 0.3 is 0 Å². The molecule has 0 aliphatic carbocycles. The lowest BCUT2D eigenvalue weighted by atomic mass is 10.3. The minimum Gasteiger partial charge on any atom is -0.494 e. The van der Waals surface area contributed by atoms with Crippen LogP contribution in [0.4, 0.5) is 5.69 Å². The highest BCUT2D eigenvalue weighted by Gasteiger charge is 2.10. The highest BCUT2D eigenvalue weighted by atomic mass is 79.9.